The van der Waals surface area contributed by atoms with Crippen LogP contribution in [0, 0.1) is 0 Å². The van der Waals surface area contributed by atoms with Crippen molar-refractivity contribution in [1.82, 2.24) is 15.3 Å². The summed E-state index contributed by atoms with van der Waals surface area (Å²) in [6.07, 6.45) is 0. The Kier molecular flexibility index (Phi) is 4.23. The molecule has 0 saturated heterocycles. The molecule has 102 valence electrons. The third kappa shape index (κ3) is 4.26. The van der Waals surface area contributed by atoms with Gasteiger partial charge in [0.05, 0.1) is 10.6 Å². The summed E-state index contributed by atoms with van der Waals surface area (Å²) < 4.78 is 0.994. The summed E-state index contributed by atoms with van der Waals surface area (Å²) in [6, 6.07) is 3.48. The molecule has 0 fully saturated rings. The summed E-state index contributed by atoms with van der Waals surface area (Å²) >= 11 is 4.95. The van der Waals surface area contributed by atoms with Crippen LogP contribution in [0.15, 0.2) is 26.8 Å². The van der Waals surface area contributed by atoms with Crippen molar-refractivity contribution in [3.05, 3.63) is 38.0 Å². The second-order valence-electron chi connectivity index (χ2n) is 5.32. The largest absolute Gasteiger partial charge is 0.306 e. The number of hydrogen-bond donors (Lipinski definition) is 2. The molecule has 2 aromatic rings. The third-order valence-electron chi connectivity index (χ3n) is 2.40. The molecule has 0 aliphatic rings. The highest BCUT2D eigenvalue weighted by Gasteiger charge is 2.11. The van der Waals surface area contributed by atoms with E-state index in [-0.39, 0.29) is 11.1 Å². The van der Waals surface area contributed by atoms with Crippen LogP contribution in [0.25, 0.3) is 10.7 Å². The highest BCUT2D eigenvalue weighted by atomic mass is 79.9. The second kappa shape index (κ2) is 5.56. The monoisotopic (exact) mass is 341 g/mol. The molecule has 4 nitrogen and oxygen atoms in total. The maximum atomic E-state index is 11.7. The van der Waals surface area contributed by atoms with Crippen LogP contribution in [0.4, 0.5) is 0 Å². The first-order valence-electron chi connectivity index (χ1n) is 5.93. The molecule has 0 unspecified atom stereocenters. The number of rotatable bonds is 3. The molecular formula is C13H16BrN3OS. The highest BCUT2D eigenvalue weighted by Crippen LogP contribution is 2.26. The molecule has 0 atom stereocenters. The normalized spacial score (nSPS) is 11.8. The van der Waals surface area contributed by atoms with Crippen LogP contribution in [0.1, 0.15) is 26.5 Å². The molecule has 6 heteroatoms. The summed E-state index contributed by atoms with van der Waals surface area (Å²) in [4.78, 5) is 19.9. The Bertz CT molecular complexity index is 627. The third-order valence-corrected chi connectivity index (χ3v) is 4.09. The van der Waals surface area contributed by atoms with Crippen molar-refractivity contribution in [2.24, 2.45) is 0 Å². The van der Waals surface area contributed by atoms with Crippen LogP contribution >= 0.6 is 27.3 Å². The van der Waals surface area contributed by atoms with Crippen molar-refractivity contribution in [3.63, 3.8) is 0 Å². The van der Waals surface area contributed by atoms with E-state index in [9.17, 15) is 4.79 Å². The molecule has 0 aliphatic heterocycles. The van der Waals surface area contributed by atoms with Crippen LogP contribution < -0.4 is 10.9 Å². The fourth-order valence-electron chi connectivity index (χ4n) is 1.51. The van der Waals surface area contributed by atoms with Gasteiger partial charge in [-0.05, 0) is 42.8 Å². The molecule has 0 aromatic carbocycles. The number of nitrogens with zero attached hydrogens (tertiary/aromatic N) is 1. The Morgan fingerprint density at radius 3 is 2.74 bits per heavy atom. The van der Waals surface area contributed by atoms with Gasteiger partial charge in [-0.1, -0.05) is 0 Å². The van der Waals surface area contributed by atoms with Crippen LogP contribution in [-0.2, 0) is 6.54 Å². The van der Waals surface area contributed by atoms with Crippen molar-refractivity contribution in [3.8, 4) is 10.7 Å². The molecule has 2 heterocycles. The minimum Gasteiger partial charge on any atom is -0.306 e. The summed E-state index contributed by atoms with van der Waals surface area (Å²) in [5.41, 5.74) is 0.620. The van der Waals surface area contributed by atoms with Crippen LogP contribution in [0.3, 0.4) is 0 Å². The first-order chi connectivity index (χ1) is 8.83. The Morgan fingerprint density at radius 2 is 2.16 bits per heavy atom. The van der Waals surface area contributed by atoms with E-state index in [1.807, 2.05) is 11.4 Å². The van der Waals surface area contributed by atoms with Gasteiger partial charge >= 0.3 is 0 Å². The maximum Gasteiger partial charge on any atom is 0.251 e. The Hall–Kier alpha value is -0.980. The predicted octanol–water partition coefficient (Wildman–Crippen LogP) is 3.15. The number of hydrogen-bond acceptors (Lipinski definition) is 4. The van der Waals surface area contributed by atoms with Gasteiger partial charge in [0.25, 0.3) is 5.56 Å². The minimum atomic E-state index is -0.125. The van der Waals surface area contributed by atoms with Gasteiger partial charge < -0.3 is 10.3 Å². The van der Waals surface area contributed by atoms with Gasteiger partial charge in [0.15, 0.2) is 5.82 Å². The fraction of sp³-hybridized carbons (Fsp3) is 0.385. The molecular weight excluding hydrogens is 326 g/mol. The maximum absolute atomic E-state index is 11.7. The number of halogens is 1. The van der Waals surface area contributed by atoms with Gasteiger partial charge in [-0.15, -0.1) is 11.3 Å². The van der Waals surface area contributed by atoms with Crippen molar-refractivity contribution in [2.45, 2.75) is 32.9 Å². The smallest absolute Gasteiger partial charge is 0.251 e. The van der Waals surface area contributed by atoms with Gasteiger partial charge in [-0.2, -0.15) is 0 Å². The lowest BCUT2D eigenvalue weighted by Crippen LogP contribution is -2.35. The van der Waals surface area contributed by atoms with Gasteiger partial charge in [-0.3, -0.25) is 4.79 Å². The van der Waals surface area contributed by atoms with Gasteiger partial charge in [0.2, 0.25) is 0 Å². The highest BCUT2D eigenvalue weighted by molar-refractivity contribution is 9.10. The Labute approximate surface area is 124 Å². The van der Waals surface area contributed by atoms with Crippen molar-refractivity contribution < 1.29 is 0 Å². The molecule has 2 N–H and O–H groups in total. The summed E-state index contributed by atoms with van der Waals surface area (Å²) in [5.74, 6) is 0.619. The van der Waals surface area contributed by atoms with E-state index in [0.29, 0.717) is 12.4 Å². The number of aromatic nitrogens is 2. The van der Waals surface area contributed by atoms with E-state index < -0.39 is 0 Å². The molecule has 2 aromatic heterocycles. The molecule has 0 bridgehead atoms. The average molecular weight is 342 g/mol. The van der Waals surface area contributed by atoms with Crippen molar-refractivity contribution in [2.75, 3.05) is 0 Å². The molecule has 19 heavy (non-hydrogen) atoms. The Morgan fingerprint density at radius 1 is 1.42 bits per heavy atom. The summed E-state index contributed by atoms with van der Waals surface area (Å²) in [7, 11) is 0. The molecule has 0 amide bonds. The first kappa shape index (κ1) is 14.4. The summed E-state index contributed by atoms with van der Waals surface area (Å²) in [6.45, 7) is 6.82. The fourth-order valence-corrected chi connectivity index (χ4v) is 2.88. The van der Waals surface area contributed by atoms with Gasteiger partial charge in [0.1, 0.15) is 0 Å². The van der Waals surface area contributed by atoms with E-state index in [0.717, 1.165) is 15.0 Å². The van der Waals surface area contributed by atoms with Crippen LogP contribution in [0.2, 0.25) is 0 Å². The lowest BCUT2D eigenvalue weighted by molar-refractivity contribution is 0.421. The molecule has 0 radical (unpaired) electrons. The quantitative estimate of drug-likeness (QED) is 0.901. The minimum absolute atomic E-state index is 0.00356. The second-order valence-corrected chi connectivity index (χ2v) is 7.14. The van der Waals surface area contributed by atoms with Crippen molar-refractivity contribution in [1.29, 1.82) is 0 Å². The van der Waals surface area contributed by atoms with Gasteiger partial charge in [0, 0.05) is 28.0 Å². The van der Waals surface area contributed by atoms with Crippen LogP contribution in [0.5, 0.6) is 0 Å². The zero-order valence-corrected chi connectivity index (χ0v) is 13.5. The summed E-state index contributed by atoms with van der Waals surface area (Å²) in [5, 5.41) is 5.30. The Balaban J connectivity index is 2.27. The zero-order valence-electron chi connectivity index (χ0n) is 11.1. The van der Waals surface area contributed by atoms with E-state index in [2.05, 4.69) is 52.0 Å². The van der Waals surface area contributed by atoms with Crippen LogP contribution in [-0.4, -0.2) is 15.5 Å². The van der Waals surface area contributed by atoms with E-state index >= 15 is 0 Å². The van der Waals surface area contributed by atoms with E-state index in [4.69, 9.17) is 0 Å². The number of nitrogens with one attached hydrogen (secondary N) is 2. The number of H-pyrrole nitrogens is 1. The lowest BCUT2D eigenvalue weighted by atomic mass is 10.1. The van der Waals surface area contributed by atoms with Gasteiger partial charge in [-0.25, -0.2) is 4.98 Å². The van der Waals surface area contributed by atoms with Crippen molar-refractivity contribution >= 4 is 27.3 Å². The lowest BCUT2D eigenvalue weighted by Gasteiger charge is -2.20. The molecule has 2 rings (SSSR count). The molecule has 0 aliphatic carbocycles. The standard InChI is InChI=1S/C13H16BrN3OS/c1-13(2,3)15-6-9-5-11(18)17-12(16-9)10-4-8(14)7-19-10/h4-5,7,15H,6H2,1-3H3,(H,16,17,18). The predicted molar refractivity (Wildman–Crippen MR) is 82.5 cm³/mol. The number of thiophene rings is 1. The number of aromatic amines is 1. The van der Waals surface area contributed by atoms with E-state index in [1.54, 1.807) is 11.3 Å². The molecule has 0 saturated carbocycles. The zero-order chi connectivity index (χ0) is 14.0. The van der Waals surface area contributed by atoms with E-state index in [1.165, 1.54) is 6.07 Å². The topological polar surface area (TPSA) is 57.8 Å². The average Bonchev–Trinajstić information content (AvgIpc) is 2.72. The SMILES string of the molecule is CC(C)(C)NCc1cc(=O)[nH]c(-c2cc(Br)cs2)n1. The molecule has 0 spiro atoms. The first-order valence-corrected chi connectivity index (χ1v) is 7.60.